The smallest absolute Gasteiger partial charge is 0.306 e. The number of hydroxylamine groups is 1. The Morgan fingerprint density at radius 3 is 2.80 bits per heavy atom. The molecule has 2 atom stereocenters. The first-order valence-corrected chi connectivity index (χ1v) is 4.98. The van der Waals surface area contributed by atoms with Crippen molar-refractivity contribution in [2.75, 3.05) is 6.61 Å². The van der Waals surface area contributed by atoms with Gasteiger partial charge in [-0.05, 0) is 19.3 Å². The van der Waals surface area contributed by atoms with E-state index in [0.717, 1.165) is 12.8 Å². The second-order valence-electron chi connectivity index (χ2n) is 3.77. The minimum absolute atomic E-state index is 0.000741. The van der Waals surface area contributed by atoms with Crippen LogP contribution in [0.15, 0.2) is 0 Å². The Bertz CT molecular complexity index is 244. The van der Waals surface area contributed by atoms with Crippen LogP contribution in [-0.2, 0) is 14.4 Å². The quantitative estimate of drug-likeness (QED) is 0.544. The van der Waals surface area contributed by atoms with Crippen molar-refractivity contribution in [3.8, 4) is 0 Å². The highest BCUT2D eigenvalue weighted by Gasteiger charge is 2.26. The van der Waals surface area contributed by atoms with Gasteiger partial charge in [-0.25, -0.2) is 0 Å². The van der Waals surface area contributed by atoms with E-state index in [1.165, 1.54) is 0 Å². The number of nitrogens with two attached hydrogens (primary N) is 1. The van der Waals surface area contributed by atoms with Crippen LogP contribution in [0.2, 0.25) is 0 Å². The van der Waals surface area contributed by atoms with Crippen molar-refractivity contribution in [3.05, 3.63) is 0 Å². The average Bonchev–Trinajstić information content (AvgIpc) is 2.17. The normalized spacial score (nSPS) is 26.1. The van der Waals surface area contributed by atoms with Gasteiger partial charge in [-0.15, -0.1) is 0 Å². The summed E-state index contributed by atoms with van der Waals surface area (Å²) in [4.78, 5) is 26.0. The Balaban J connectivity index is 2.24. The highest BCUT2D eigenvalue weighted by atomic mass is 16.6. The molecule has 4 N–H and O–H groups in total. The lowest BCUT2D eigenvalue weighted by Gasteiger charge is -2.26. The number of rotatable bonds is 5. The summed E-state index contributed by atoms with van der Waals surface area (Å²) in [6, 6.07) is -0.000741. The zero-order chi connectivity index (χ0) is 11.3. The Labute approximate surface area is 87.7 Å². The molecule has 1 aliphatic carbocycles. The summed E-state index contributed by atoms with van der Waals surface area (Å²) in [5.41, 5.74) is 7.56. The van der Waals surface area contributed by atoms with Crippen LogP contribution in [0.25, 0.3) is 0 Å². The van der Waals surface area contributed by atoms with E-state index >= 15 is 0 Å². The van der Waals surface area contributed by atoms with Crippen molar-refractivity contribution in [2.45, 2.75) is 31.7 Å². The van der Waals surface area contributed by atoms with E-state index in [1.807, 2.05) is 0 Å². The number of carbonyl (C=O) groups is 2. The van der Waals surface area contributed by atoms with Crippen LogP contribution in [0.1, 0.15) is 25.7 Å². The predicted molar refractivity (Wildman–Crippen MR) is 51.7 cm³/mol. The third-order valence-electron chi connectivity index (χ3n) is 2.49. The number of hydrogen-bond donors (Lipinski definition) is 3. The van der Waals surface area contributed by atoms with Crippen molar-refractivity contribution in [1.29, 1.82) is 0 Å². The second kappa shape index (κ2) is 5.67. The number of hydrogen-bond acceptors (Lipinski definition) is 4. The van der Waals surface area contributed by atoms with Gasteiger partial charge in [0, 0.05) is 6.04 Å². The highest BCUT2D eigenvalue weighted by Crippen LogP contribution is 2.24. The molecule has 86 valence electrons. The van der Waals surface area contributed by atoms with Crippen LogP contribution in [-0.4, -0.2) is 29.6 Å². The second-order valence-corrected chi connectivity index (χ2v) is 3.77. The minimum atomic E-state index is -0.767. The van der Waals surface area contributed by atoms with E-state index in [2.05, 4.69) is 5.48 Å². The van der Waals surface area contributed by atoms with Gasteiger partial charge >= 0.3 is 5.97 Å². The van der Waals surface area contributed by atoms with E-state index in [-0.39, 0.29) is 18.6 Å². The van der Waals surface area contributed by atoms with Gasteiger partial charge < -0.3 is 10.8 Å². The van der Waals surface area contributed by atoms with Crippen molar-refractivity contribution >= 4 is 11.9 Å². The standard InChI is InChI=1S/C9H16N2O4/c10-8(12)5-15-11-7-3-1-2-6(4-7)9(13)14/h6-7,11H,1-5H2,(H2,10,12)(H,13,14). The van der Waals surface area contributed by atoms with Gasteiger partial charge in [-0.2, -0.15) is 5.48 Å². The summed E-state index contributed by atoms with van der Waals surface area (Å²) in [5, 5.41) is 8.83. The summed E-state index contributed by atoms with van der Waals surface area (Å²) in [6.07, 6.45) is 2.97. The molecule has 0 radical (unpaired) electrons. The molecule has 0 aromatic carbocycles. The third kappa shape index (κ3) is 4.26. The van der Waals surface area contributed by atoms with Gasteiger partial charge in [-0.3, -0.25) is 14.4 Å². The van der Waals surface area contributed by atoms with Crippen molar-refractivity contribution in [3.63, 3.8) is 0 Å². The third-order valence-corrected chi connectivity index (χ3v) is 2.49. The lowest BCUT2D eigenvalue weighted by atomic mass is 9.86. The molecular weight excluding hydrogens is 200 g/mol. The molecule has 1 rings (SSSR count). The number of carboxylic acid groups (broad SMARTS) is 1. The van der Waals surface area contributed by atoms with Crippen LogP contribution >= 0.6 is 0 Å². The molecule has 0 spiro atoms. The lowest BCUT2D eigenvalue weighted by Crippen LogP contribution is -2.38. The fraction of sp³-hybridized carbons (Fsp3) is 0.778. The number of carbonyl (C=O) groups excluding carboxylic acids is 1. The van der Waals surface area contributed by atoms with Crippen molar-refractivity contribution < 1.29 is 19.5 Å². The Kier molecular flexibility index (Phi) is 4.51. The zero-order valence-corrected chi connectivity index (χ0v) is 8.44. The minimum Gasteiger partial charge on any atom is -0.481 e. The molecule has 6 heteroatoms. The molecule has 1 fully saturated rings. The Morgan fingerprint density at radius 1 is 1.47 bits per heavy atom. The first-order valence-electron chi connectivity index (χ1n) is 4.98. The van der Waals surface area contributed by atoms with Gasteiger partial charge in [-0.1, -0.05) is 6.42 Å². The van der Waals surface area contributed by atoms with Gasteiger partial charge in [0.25, 0.3) is 0 Å². The zero-order valence-electron chi connectivity index (χ0n) is 8.44. The molecule has 0 aliphatic heterocycles. The summed E-state index contributed by atoms with van der Waals surface area (Å²) in [6.45, 7) is -0.186. The number of carboxylic acids is 1. The molecule has 0 aromatic heterocycles. The highest BCUT2D eigenvalue weighted by molar-refractivity contribution is 5.74. The average molecular weight is 216 g/mol. The lowest BCUT2D eigenvalue weighted by molar-refractivity contribution is -0.144. The van der Waals surface area contributed by atoms with E-state index in [4.69, 9.17) is 15.7 Å². The maximum absolute atomic E-state index is 10.7. The fourth-order valence-corrected chi connectivity index (χ4v) is 1.75. The summed E-state index contributed by atoms with van der Waals surface area (Å²) in [7, 11) is 0. The molecule has 15 heavy (non-hydrogen) atoms. The fourth-order valence-electron chi connectivity index (χ4n) is 1.75. The van der Waals surface area contributed by atoms with E-state index < -0.39 is 11.9 Å². The van der Waals surface area contributed by atoms with Gasteiger partial charge in [0.05, 0.1) is 5.92 Å². The monoisotopic (exact) mass is 216 g/mol. The number of amides is 1. The van der Waals surface area contributed by atoms with Crippen LogP contribution in [0.3, 0.4) is 0 Å². The summed E-state index contributed by atoms with van der Waals surface area (Å²) in [5.74, 6) is -1.63. The molecule has 2 unspecified atom stereocenters. The molecule has 0 heterocycles. The molecule has 6 nitrogen and oxygen atoms in total. The van der Waals surface area contributed by atoms with Gasteiger partial charge in [0.1, 0.15) is 6.61 Å². The van der Waals surface area contributed by atoms with E-state index in [0.29, 0.717) is 12.8 Å². The Hall–Kier alpha value is -1.14. The SMILES string of the molecule is NC(=O)CONC1CCCC(C(=O)O)C1. The number of nitrogens with one attached hydrogen (secondary N) is 1. The molecule has 1 aliphatic rings. The molecule has 0 bridgehead atoms. The van der Waals surface area contributed by atoms with Crippen molar-refractivity contribution in [1.82, 2.24) is 5.48 Å². The van der Waals surface area contributed by atoms with Crippen LogP contribution in [0, 0.1) is 5.92 Å². The van der Waals surface area contributed by atoms with Gasteiger partial charge in [0.2, 0.25) is 5.91 Å². The van der Waals surface area contributed by atoms with E-state index in [9.17, 15) is 9.59 Å². The van der Waals surface area contributed by atoms with Crippen LogP contribution in [0.5, 0.6) is 0 Å². The first-order chi connectivity index (χ1) is 7.09. The molecule has 0 saturated heterocycles. The Morgan fingerprint density at radius 2 is 2.20 bits per heavy atom. The topological polar surface area (TPSA) is 102 Å². The summed E-state index contributed by atoms with van der Waals surface area (Å²) >= 11 is 0. The van der Waals surface area contributed by atoms with E-state index in [1.54, 1.807) is 0 Å². The first kappa shape index (κ1) is 11.9. The van der Waals surface area contributed by atoms with Crippen LogP contribution in [0.4, 0.5) is 0 Å². The predicted octanol–water partition coefficient (Wildman–Crippen LogP) is -0.364. The number of aliphatic carboxylic acids is 1. The molecular formula is C9H16N2O4. The molecule has 1 saturated carbocycles. The van der Waals surface area contributed by atoms with Crippen molar-refractivity contribution in [2.24, 2.45) is 11.7 Å². The molecule has 1 amide bonds. The van der Waals surface area contributed by atoms with Gasteiger partial charge in [0.15, 0.2) is 0 Å². The largest absolute Gasteiger partial charge is 0.481 e. The van der Waals surface area contributed by atoms with Crippen LogP contribution < -0.4 is 11.2 Å². The maximum Gasteiger partial charge on any atom is 0.306 e. The number of primary amides is 1. The molecule has 0 aromatic rings. The maximum atomic E-state index is 10.7. The summed E-state index contributed by atoms with van der Waals surface area (Å²) < 4.78 is 0.